The molecule has 1 fully saturated rings. The predicted octanol–water partition coefficient (Wildman–Crippen LogP) is 3.91. The first-order chi connectivity index (χ1) is 5.53. The minimum absolute atomic E-state index is 0.317. The van der Waals surface area contributed by atoms with Gasteiger partial charge < -0.3 is 0 Å². The minimum Gasteiger partial charge on any atom is -0.173 e. The second-order valence-electron chi connectivity index (χ2n) is 4.90. The van der Waals surface area contributed by atoms with Crippen LogP contribution in [0.5, 0.6) is 0 Å². The molecule has 0 amide bonds. The average Bonchev–Trinajstić information content (AvgIpc) is 1.82. The summed E-state index contributed by atoms with van der Waals surface area (Å²) in [4.78, 5) is 0. The Balaban J connectivity index is 2.46. The fourth-order valence-corrected chi connectivity index (χ4v) is 3.39. The van der Waals surface area contributed by atoms with Gasteiger partial charge in [-0.2, -0.15) is 12.6 Å². The molecule has 0 nitrogen and oxygen atoms in total. The van der Waals surface area contributed by atoms with Crippen LogP contribution >= 0.6 is 12.6 Å². The van der Waals surface area contributed by atoms with E-state index in [9.17, 15) is 0 Å². The van der Waals surface area contributed by atoms with E-state index >= 15 is 0 Å². The van der Waals surface area contributed by atoms with Gasteiger partial charge in [0.05, 0.1) is 0 Å². The second-order valence-corrected chi connectivity index (χ2v) is 5.98. The van der Waals surface area contributed by atoms with Crippen molar-refractivity contribution in [3.05, 3.63) is 0 Å². The maximum atomic E-state index is 4.73. The molecule has 0 N–H and O–H groups in total. The van der Waals surface area contributed by atoms with Gasteiger partial charge in [0.25, 0.3) is 0 Å². The lowest BCUT2D eigenvalue weighted by molar-refractivity contribution is 0.231. The zero-order valence-corrected chi connectivity index (χ0v) is 9.53. The summed E-state index contributed by atoms with van der Waals surface area (Å²) in [6.07, 6.45) is 6.80. The van der Waals surface area contributed by atoms with Crippen LogP contribution in [0.4, 0.5) is 0 Å². The van der Waals surface area contributed by atoms with Crippen LogP contribution in [0.3, 0.4) is 0 Å². The molecule has 0 radical (unpaired) electrons. The summed E-state index contributed by atoms with van der Waals surface area (Å²) in [5, 5.41) is 0. The monoisotopic (exact) mass is 186 g/mol. The summed E-state index contributed by atoms with van der Waals surface area (Å²) in [6, 6.07) is 0. The zero-order chi connectivity index (χ0) is 9.19. The van der Waals surface area contributed by atoms with Crippen molar-refractivity contribution in [3.8, 4) is 0 Å². The van der Waals surface area contributed by atoms with Crippen molar-refractivity contribution in [3.63, 3.8) is 0 Å². The average molecular weight is 186 g/mol. The van der Waals surface area contributed by atoms with E-state index in [2.05, 4.69) is 20.8 Å². The Morgan fingerprint density at radius 1 is 1.42 bits per heavy atom. The number of rotatable bonds is 2. The summed E-state index contributed by atoms with van der Waals surface area (Å²) < 4.78 is 0.317. The Labute approximate surface area is 82.5 Å². The standard InChI is InChI=1S/C11H22S/c1-4-5-10-6-9(2)7-11(3,12)8-10/h9-10,12H,4-8H2,1-3H3. The molecular weight excluding hydrogens is 164 g/mol. The van der Waals surface area contributed by atoms with E-state index in [1.54, 1.807) is 0 Å². The lowest BCUT2D eigenvalue weighted by atomic mass is 9.74. The molecule has 0 bridgehead atoms. The van der Waals surface area contributed by atoms with Crippen LogP contribution in [-0.2, 0) is 0 Å². The van der Waals surface area contributed by atoms with Crippen molar-refractivity contribution in [2.45, 2.75) is 57.6 Å². The van der Waals surface area contributed by atoms with Crippen LogP contribution in [0.25, 0.3) is 0 Å². The van der Waals surface area contributed by atoms with Crippen molar-refractivity contribution in [2.24, 2.45) is 11.8 Å². The topological polar surface area (TPSA) is 0 Å². The molecule has 1 rings (SSSR count). The molecule has 0 heterocycles. The fourth-order valence-electron chi connectivity index (χ4n) is 2.82. The highest BCUT2D eigenvalue weighted by molar-refractivity contribution is 7.81. The molecule has 0 spiro atoms. The number of thiol groups is 1. The van der Waals surface area contributed by atoms with Crippen molar-refractivity contribution >= 4 is 12.6 Å². The molecule has 1 aliphatic carbocycles. The summed E-state index contributed by atoms with van der Waals surface area (Å²) in [7, 11) is 0. The molecule has 1 aliphatic rings. The molecule has 72 valence electrons. The van der Waals surface area contributed by atoms with Crippen LogP contribution in [0.1, 0.15) is 52.9 Å². The van der Waals surface area contributed by atoms with Crippen LogP contribution in [0.2, 0.25) is 0 Å². The molecule has 12 heavy (non-hydrogen) atoms. The molecule has 3 unspecified atom stereocenters. The predicted molar refractivity (Wildman–Crippen MR) is 58.8 cm³/mol. The SMILES string of the molecule is CCCC1CC(C)CC(C)(S)C1. The molecule has 1 saturated carbocycles. The second kappa shape index (κ2) is 4.04. The summed E-state index contributed by atoms with van der Waals surface area (Å²) in [6.45, 7) is 6.96. The third kappa shape index (κ3) is 3.01. The van der Waals surface area contributed by atoms with E-state index in [4.69, 9.17) is 12.6 Å². The van der Waals surface area contributed by atoms with Crippen molar-refractivity contribution in [1.29, 1.82) is 0 Å². The van der Waals surface area contributed by atoms with Gasteiger partial charge in [0, 0.05) is 4.75 Å². The zero-order valence-electron chi connectivity index (χ0n) is 8.64. The van der Waals surface area contributed by atoms with E-state index in [0.29, 0.717) is 4.75 Å². The molecule has 0 saturated heterocycles. The Morgan fingerprint density at radius 2 is 2.08 bits per heavy atom. The summed E-state index contributed by atoms with van der Waals surface area (Å²) in [5.74, 6) is 1.83. The quantitative estimate of drug-likeness (QED) is 0.621. The van der Waals surface area contributed by atoms with Crippen LogP contribution in [0.15, 0.2) is 0 Å². The lowest BCUT2D eigenvalue weighted by Gasteiger charge is -2.38. The van der Waals surface area contributed by atoms with Crippen molar-refractivity contribution in [1.82, 2.24) is 0 Å². The Bertz CT molecular complexity index is 140. The van der Waals surface area contributed by atoms with Gasteiger partial charge in [-0.1, -0.05) is 33.6 Å². The van der Waals surface area contributed by atoms with Gasteiger partial charge in [-0.05, 0) is 31.1 Å². The van der Waals surface area contributed by atoms with Gasteiger partial charge in [0.15, 0.2) is 0 Å². The first kappa shape index (κ1) is 10.4. The highest BCUT2D eigenvalue weighted by atomic mass is 32.1. The van der Waals surface area contributed by atoms with Gasteiger partial charge in [0.2, 0.25) is 0 Å². The van der Waals surface area contributed by atoms with E-state index < -0.39 is 0 Å². The molecule has 3 atom stereocenters. The molecule has 0 aromatic heterocycles. The molecule has 0 aromatic rings. The van der Waals surface area contributed by atoms with Gasteiger partial charge in [-0.3, -0.25) is 0 Å². The normalized spacial score (nSPS) is 43.0. The van der Waals surface area contributed by atoms with Crippen LogP contribution in [0, 0.1) is 11.8 Å². The summed E-state index contributed by atoms with van der Waals surface area (Å²) in [5.41, 5.74) is 0. The minimum atomic E-state index is 0.317. The highest BCUT2D eigenvalue weighted by Gasteiger charge is 2.31. The van der Waals surface area contributed by atoms with Crippen LogP contribution in [-0.4, -0.2) is 4.75 Å². The third-order valence-corrected chi connectivity index (χ3v) is 3.31. The molecule has 1 heteroatoms. The lowest BCUT2D eigenvalue weighted by Crippen LogP contribution is -2.30. The maximum Gasteiger partial charge on any atom is 0.0107 e. The highest BCUT2D eigenvalue weighted by Crippen LogP contribution is 2.41. The first-order valence-corrected chi connectivity index (χ1v) is 5.70. The Morgan fingerprint density at radius 3 is 2.58 bits per heavy atom. The first-order valence-electron chi connectivity index (χ1n) is 5.26. The van der Waals surface area contributed by atoms with E-state index in [-0.39, 0.29) is 0 Å². The molecule has 0 aromatic carbocycles. The van der Waals surface area contributed by atoms with Crippen LogP contribution < -0.4 is 0 Å². The fraction of sp³-hybridized carbons (Fsp3) is 1.00. The number of hydrogen-bond acceptors (Lipinski definition) is 1. The van der Waals surface area contributed by atoms with Gasteiger partial charge in [0.1, 0.15) is 0 Å². The third-order valence-electron chi connectivity index (χ3n) is 2.95. The van der Waals surface area contributed by atoms with Gasteiger partial charge in [-0.15, -0.1) is 0 Å². The Kier molecular flexibility index (Phi) is 3.51. The van der Waals surface area contributed by atoms with Crippen molar-refractivity contribution in [2.75, 3.05) is 0 Å². The van der Waals surface area contributed by atoms with E-state index in [1.165, 1.54) is 32.1 Å². The van der Waals surface area contributed by atoms with E-state index in [0.717, 1.165) is 11.8 Å². The van der Waals surface area contributed by atoms with Crippen molar-refractivity contribution < 1.29 is 0 Å². The van der Waals surface area contributed by atoms with E-state index in [1.807, 2.05) is 0 Å². The largest absolute Gasteiger partial charge is 0.173 e. The maximum absolute atomic E-state index is 4.73. The number of hydrogen-bond donors (Lipinski definition) is 1. The molecular formula is C11H22S. The smallest absolute Gasteiger partial charge is 0.0107 e. The molecule has 0 aliphatic heterocycles. The summed E-state index contributed by atoms with van der Waals surface area (Å²) >= 11 is 4.73. The van der Waals surface area contributed by atoms with Gasteiger partial charge >= 0.3 is 0 Å². The van der Waals surface area contributed by atoms with Gasteiger partial charge in [-0.25, -0.2) is 0 Å². The Hall–Kier alpha value is 0.350.